The van der Waals surface area contributed by atoms with E-state index in [4.69, 9.17) is 0 Å². The van der Waals surface area contributed by atoms with Crippen LogP contribution in [0.5, 0.6) is 0 Å². The molecule has 1 aromatic heterocycles. The number of nitro groups is 1. The van der Waals surface area contributed by atoms with Gasteiger partial charge in [-0.1, -0.05) is 6.07 Å². The smallest absolute Gasteiger partial charge is 0.270 e. The lowest BCUT2D eigenvalue weighted by Gasteiger charge is -2.08. The van der Waals surface area contributed by atoms with Crippen molar-refractivity contribution in [1.82, 2.24) is 10.0 Å². The highest BCUT2D eigenvalue weighted by Gasteiger charge is 2.16. The molecular formula is C14H17N3O4S2. The molecule has 0 amide bonds. The minimum Gasteiger partial charge on any atom is -0.311 e. The molecule has 0 atom stereocenters. The summed E-state index contributed by atoms with van der Waals surface area (Å²) in [6.07, 6.45) is 0. The monoisotopic (exact) mass is 355 g/mol. The molecule has 1 aromatic carbocycles. The van der Waals surface area contributed by atoms with E-state index in [2.05, 4.69) is 10.0 Å². The molecule has 0 aliphatic rings. The first-order valence-corrected chi connectivity index (χ1v) is 9.24. The second-order valence-corrected chi connectivity index (χ2v) is 7.62. The molecule has 2 N–H and O–H groups in total. The minimum absolute atomic E-state index is 0.110. The molecule has 0 fully saturated rings. The molecular weight excluding hydrogens is 338 g/mol. The van der Waals surface area contributed by atoms with E-state index in [9.17, 15) is 18.5 Å². The van der Waals surface area contributed by atoms with Crippen molar-refractivity contribution >= 4 is 27.0 Å². The highest BCUT2D eigenvalue weighted by molar-refractivity contribution is 7.89. The molecule has 0 saturated carbocycles. The summed E-state index contributed by atoms with van der Waals surface area (Å²) < 4.78 is 26.6. The van der Waals surface area contributed by atoms with E-state index in [-0.39, 0.29) is 17.1 Å². The Morgan fingerprint density at radius 2 is 2.04 bits per heavy atom. The van der Waals surface area contributed by atoms with Crippen molar-refractivity contribution < 1.29 is 13.3 Å². The summed E-state index contributed by atoms with van der Waals surface area (Å²) in [5.41, 5.74) is 0.957. The second-order valence-electron chi connectivity index (χ2n) is 4.86. The van der Waals surface area contributed by atoms with Gasteiger partial charge in [0.1, 0.15) is 0 Å². The predicted octanol–water partition coefficient (Wildman–Crippen LogP) is 2.03. The van der Waals surface area contributed by atoms with Crippen molar-refractivity contribution in [1.29, 1.82) is 0 Å². The van der Waals surface area contributed by atoms with Crippen LogP contribution in [0.2, 0.25) is 0 Å². The summed E-state index contributed by atoms with van der Waals surface area (Å²) in [7, 11) is -3.75. The number of nitrogens with one attached hydrogen (secondary N) is 2. The predicted molar refractivity (Wildman–Crippen MR) is 89.0 cm³/mol. The molecule has 0 radical (unpaired) electrons. The molecule has 2 rings (SSSR count). The quantitative estimate of drug-likeness (QED) is 0.429. The first-order valence-electron chi connectivity index (χ1n) is 6.88. The Morgan fingerprint density at radius 3 is 2.70 bits per heavy atom. The van der Waals surface area contributed by atoms with Crippen LogP contribution in [0.1, 0.15) is 10.4 Å². The minimum atomic E-state index is -3.75. The first kappa shape index (κ1) is 17.5. The van der Waals surface area contributed by atoms with Crippen molar-refractivity contribution in [2.24, 2.45) is 0 Å². The Labute approximate surface area is 138 Å². The van der Waals surface area contributed by atoms with E-state index >= 15 is 0 Å². The zero-order valence-corrected chi connectivity index (χ0v) is 14.1. The number of nitro benzene ring substituents is 1. The number of sulfonamides is 1. The van der Waals surface area contributed by atoms with Crippen molar-refractivity contribution in [3.05, 3.63) is 56.3 Å². The van der Waals surface area contributed by atoms with Crippen molar-refractivity contribution in [3.63, 3.8) is 0 Å². The van der Waals surface area contributed by atoms with Gasteiger partial charge in [-0.2, -0.15) is 0 Å². The van der Waals surface area contributed by atoms with E-state index in [0.29, 0.717) is 13.1 Å². The average molecular weight is 355 g/mol. The van der Waals surface area contributed by atoms with Crippen LogP contribution in [0.4, 0.5) is 5.69 Å². The van der Waals surface area contributed by atoms with E-state index in [1.807, 2.05) is 18.4 Å². The molecule has 0 aliphatic carbocycles. The summed E-state index contributed by atoms with van der Waals surface area (Å²) >= 11 is 1.65. The third-order valence-electron chi connectivity index (χ3n) is 3.19. The fourth-order valence-electron chi connectivity index (χ4n) is 1.91. The Balaban J connectivity index is 1.85. The molecule has 23 heavy (non-hydrogen) atoms. The maximum Gasteiger partial charge on any atom is 0.270 e. The van der Waals surface area contributed by atoms with Gasteiger partial charge in [-0.3, -0.25) is 10.1 Å². The summed E-state index contributed by atoms with van der Waals surface area (Å²) in [4.78, 5) is 11.2. The van der Waals surface area contributed by atoms with Gasteiger partial charge in [-0.15, -0.1) is 11.3 Å². The van der Waals surface area contributed by atoms with Gasteiger partial charge in [0.15, 0.2) is 0 Å². The zero-order valence-electron chi connectivity index (χ0n) is 12.5. The van der Waals surface area contributed by atoms with E-state index in [1.54, 1.807) is 11.3 Å². The van der Waals surface area contributed by atoms with Gasteiger partial charge in [0.25, 0.3) is 5.69 Å². The maximum absolute atomic E-state index is 12.1. The third-order valence-corrected chi connectivity index (χ3v) is 5.67. The number of hydrogen-bond acceptors (Lipinski definition) is 6. The van der Waals surface area contributed by atoms with Crippen LogP contribution in [-0.2, 0) is 16.6 Å². The lowest BCUT2D eigenvalue weighted by molar-refractivity contribution is -0.385. The highest BCUT2D eigenvalue weighted by atomic mass is 32.2. The summed E-state index contributed by atoms with van der Waals surface area (Å²) in [6.45, 7) is 3.38. The first-order chi connectivity index (χ1) is 10.9. The number of benzene rings is 1. The number of rotatable bonds is 8. The Morgan fingerprint density at radius 1 is 1.26 bits per heavy atom. The fraction of sp³-hybridized carbons (Fsp3) is 0.286. The molecule has 0 spiro atoms. The SMILES string of the molecule is Cc1ccsc1CNCCNS(=O)(=O)c1cccc([N+](=O)[O-])c1. The average Bonchev–Trinajstić information content (AvgIpc) is 2.92. The molecule has 2 aromatic rings. The number of thiophene rings is 1. The van der Waals surface area contributed by atoms with Gasteiger partial charge < -0.3 is 5.32 Å². The molecule has 7 nitrogen and oxygen atoms in total. The van der Waals surface area contributed by atoms with E-state index < -0.39 is 14.9 Å². The molecule has 0 saturated heterocycles. The molecule has 0 aliphatic heterocycles. The van der Waals surface area contributed by atoms with Crippen LogP contribution in [0.15, 0.2) is 40.6 Å². The number of non-ortho nitro benzene ring substituents is 1. The molecule has 0 bridgehead atoms. The lowest BCUT2D eigenvalue weighted by atomic mass is 10.3. The highest BCUT2D eigenvalue weighted by Crippen LogP contribution is 2.17. The second kappa shape index (κ2) is 7.64. The van der Waals surface area contributed by atoms with Crippen LogP contribution in [0.25, 0.3) is 0 Å². The van der Waals surface area contributed by atoms with E-state index in [1.165, 1.54) is 28.6 Å². The number of hydrogen-bond donors (Lipinski definition) is 2. The number of aryl methyl sites for hydroxylation is 1. The van der Waals surface area contributed by atoms with Gasteiger partial charge in [-0.05, 0) is 30.0 Å². The van der Waals surface area contributed by atoms with Gasteiger partial charge in [0, 0.05) is 36.6 Å². The normalized spacial score (nSPS) is 11.5. The van der Waals surface area contributed by atoms with Gasteiger partial charge >= 0.3 is 0 Å². The van der Waals surface area contributed by atoms with Gasteiger partial charge in [0.05, 0.1) is 9.82 Å². The lowest BCUT2D eigenvalue weighted by Crippen LogP contribution is -2.31. The molecule has 1 heterocycles. The zero-order chi connectivity index (χ0) is 16.9. The third kappa shape index (κ3) is 4.83. The Hall–Kier alpha value is -1.81. The molecule has 0 unspecified atom stereocenters. The van der Waals surface area contributed by atoms with Crippen LogP contribution in [0.3, 0.4) is 0 Å². The topological polar surface area (TPSA) is 101 Å². The van der Waals surface area contributed by atoms with Crippen molar-refractivity contribution in [2.45, 2.75) is 18.4 Å². The Bertz CT molecular complexity index is 787. The van der Waals surface area contributed by atoms with E-state index in [0.717, 1.165) is 6.07 Å². The fourth-order valence-corrected chi connectivity index (χ4v) is 3.86. The van der Waals surface area contributed by atoms with Crippen molar-refractivity contribution in [2.75, 3.05) is 13.1 Å². The summed E-state index contributed by atoms with van der Waals surface area (Å²) in [5.74, 6) is 0. The van der Waals surface area contributed by atoms with Crippen LogP contribution >= 0.6 is 11.3 Å². The van der Waals surface area contributed by atoms with Gasteiger partial charge in [0.2, 0.25) is 10.0 Å². The summed E-state index contributed by atoms with van der Waals surface area (Å²) in [5, 5.41) is 15.9. The summed E-state index contributed by atoms with van der Waals surface area (Å²) in [6, 6.07) is 7.02. The van der Waals surface area contributed by atoms with Crippen molar-refractivity contribution in [3.8, 4) is 0 Å². The van der Waals surface area contributed by atoms with Crippen LogP contribution in [-0.4, -0.2) is 26.4 Å². The molecule has 124 valence electrons. The van der Waals surface area contributed by atoms with Crippen LogP contribution in [0, 0.1) is 17.0 Å². The standard InChI is InChI=1S/C14H17N3O4S2/c1-11-5-8-22-14(11)10-15-6-7-16-23(20,21)13-4-2-3-12(9-13)17(18)19/h2-5,8-9,15-16H,6-7,10H2,1H3. The Kier molecular flexibility index (Phi) is 5.83. The van der Waals surface area contributed by atoms with Crippen LogP contribution < -0.4 is 10.0 Å². The van der Waals surface area contributed by atoms with Gasteiger partial charge in [-0.25, -0.2) is 13.1 Å². The molecule has 9 heteroatoms. The largest absolute Gasteiger partial charge is 0.311 e. The number of nitrogens with zero attached hydrogens (tertiary/aromatic N) is 1. The maximum atomic E-state index is 12.1.